The third kappa shape index (κ3) is 5.20. The van der Waals surface area contributed by atoms with Crippen molar-refractivity contribution >= 4 is 0 Å². The summed E-state index contributed by atoms with van der Waals surface area (Å²) >= 11 is 0. The SMILES string of the molecule is C#CC[C@H]1O[C@H](OC)[C@H](OCc2ccccc2)[C@@H](OCc2ccccc2)[C@@H]1O. The standard InChI is InChI=1S/C23H26O5/c1-3-10-19-20(24)21(26-15-17-11-6-4-7-12-17)22(23(25-2)28-19)27-16-18-13-8-5-9-14-18/h1,4-9,11-14,19-24H,10,15-16H2,2H3/t19-,20-,21+,22-,23+/m1/s1. The van der Waals surface area contributed by atoms with Gasteiger partial charge in [0.15, 0.2) is 6.29 Å². The van der Waals surface area contributed by atoms with E-state index in [1.165, 1.54) is 0 Å². The van der Waals surface area contributed by atoms with E-state index in [1.54, 1.807) is 7.11 Å². The lowest BCUT2D eigenvalue weighted by atomic mass is 9.96. The zero-order chi connectivity index (χ0) is 19.8. The fraction of sp³-hybridized carbons (Fsp3) is 0.391. The second-order valence-electron chi connectivity index (χ2n) is 6.70. The largest absolute Gasteiger partial charge is 0.388 e. The van der Waals surface area contributed by atoms with Crippen molar-refractivity contribution in [2.24, 2.45) is 0 Å². The molecule has 0 aliphatic carbocycles. The minimum absolute atomic E-state index is 0.262. The van der Waals surface area contributed by atoms with Crippen LogP contribution in [0.1, 0.15) is 17.5 Å². The van der Waals surface area contributed by atoms with E-state index < -0.39 is 30.7 Å². The number of aliphatic hydroxyl groups excluding tert-OH is 1. The van der Waals surface area contributed by atoms with Crippen LogP contribution in [0.15, 0.2) is 60.7 Å². The van der Waals surface area contributed by atoms with E-state index in [0.717, 1.165) is 11.1 Å². The van der Waals surface area contributed by atoms with Gasteiger partial charge in [-0.15, -0.1) is 12.3 Å². The molecule has 1 aliphatic heterocycles. The van der Waals surface area contributed by atoms with Crippen molar-refractivity contribution < 1.29 is 24.1 Å². The molecule has 1 heterocycles. The van der Waals surface area contributed by atoms with Crippen LogP contribution in [0.25, 0.3) is 0 Å². The zero-order valence-electron chi connectivity index (χ0n) is 15.9. The fourth-order valence-corrected chi connectivity index (χ4v) is 3.27. The summed E-state index contributed by atoms with van der Waals surface area (Å²) in [5.74, 6) is 2.54. The van der Waals surface area contributed by atoms with Crippen LogP contribution in [-0.4, -0.2) is 42.9 Å². The van der Waals surface area contributed by atoms with Crippen molar-refractivity contribution in [1.82, 2.24) is 0 Å². The molecule has 0 unspecified atom stereocenters. The highest BCUT2D eigenvalue weighted by Gasteiger charge is 2.46. The maximum atomic E-state index is 10.8. The molecule has 2 aromatic rings. The summed E-state index contributed by atoms with van der Waals surface area (Å²) in [7, 11) is 1.54. The van der Waals surface area contributed by atoms with Gasteiger partial charge in [-0.3, -0.25) is 0 Å². The Morgan fingerprint density at radius 2 is 1.46 bits per heavy atom. The van der Waals surface area contributed by atoms with Crippen LogP contribution in [0.3, 0.4) is 0 Å². The average Bonchev–Trinajstić information content (AvgIpc) is 2.74. The maximum Gasteiger partial charge on any atom is 0.186 e. The van der Waals surface area contributed by atoms with Gasteiger partial charge in [-0.1, -0.05) is 60.7 Å². The van der Waals surface area contributed by atoms with Gasteiger partial charge in [-0.2, -0.15) is 0 Å². The number of hydrogen-bond acceptors (Lipinski definition) is 5. The third-order valence-electron chi connectivity index (χ3n) is 4.74. The van der Waals surface area contributed by atoms with Crippen molar-refractivity contribution in [3.8, 4) is 12.3 Å². The highest BCUT2D eigenvalue weighted by molar-refractivity contribution is 5.14. The maximum absolute atomic E-state index is 10.8. The van der Waals surface area contributed by atoms with E-state index in [9.17, 15) is 5.11 Å². The van der Waals surface area contributed by atoms with Gasteiger partial charge >= 0.3 is 0 Å². The summed E-state index contributed by atoms with van der Waals surface area (Å²) in [6.07, 6.45) is 2.27. The molecule has 0 amide bonds. The van der Waals surface area contributed by atoms with Crippen molar-refractivity contribution in [3.05, 3.63) is 71.8 Å². The first-order valence-electron chi connectivity index (χ1n) is 9.33. The average molecular weight is 382 g/mol. The van der Waals surface area contributed by atoms with Gasteiger partial charge in [-0.05, 0) is 11.1 Å². The van der Waals surface area contributed by atoms with Crippen LogP contribution >= 0.6 is 0 Å². The highest BCUT2D eigenvalue weighted by Crippen LogP contribution is 2.29. The molecule has 0 aromatic heterocycles. The molecule has 0 saturated carbocycles. The number of hydrogen-bond donors (Lipinski definition) is 1. The summed E-state index contributed by atoms with van der Waals surface area (Å²) in [6.45, 7) is 0.694. The smallest absolute Gasteiger partial charge is 0.186 e. The molecular weight excluding hydrogens is 356 g/mol. The van der Waals surface area contributed by atoms with Crippen LogP contribution in [-0.2, 0) is 32.2 Å². The third-order valence-corrected chi connectivity index (χ3v) is 4.74. The van der Waals surface area contributed by atoms with Gasteiger partial charge in [-0.25, -0.2) is 0 Å². The summed E-state index contributed by atoms with van der Waals surface area (Å²) in [5, 5.41) is 10.8. The number of ether oxygens (including phenoxy) is 4. The van der Waals surface area contributed by atoms with E-state index >= 15 is 0 Å². The molecule has 1 fully saturated rings. The Labute approximate surface area is 166 Å². The second kappa shape index (κ2) is 10.4. The van der Waals surface area contributed by atoms with Crippen molar-refractivity contribution in [3.63, 3.8) is 0 Å². The molecule has 0 radical (unpaired) electrons. The Morgan fingerprint density at radius 3 is 1.96 bits per heavy atom. The normalized spacial score (nSPS) is 27.2. The Bertz CT molecular complexity index is 743. The van der Waals surface area contributed by atoms with Crippen LogP contribution in [0.4, 0.5) is 0 Å². The molecule has 5 nitrogen and oxygen atoms in total. The minimum atomic E-state index is -0.924. The molecule has 0 spiro atoms. The Morgan fingerprint density at radius 1 is 0.929 bits per heavy atom. The Kier molecular flexibility index (Phi) is 7.61. The van der Waals surface area contributed by atoms with Gasteiger partial charge in [0.05, 0.1) is 13.2 Å². The first-order valence-corrected chi connectivity index (χ1v) is 9.33. The molecule has 1 aliphatic rings. The second-order valence-corrected chi connectivity index (χ2v) is 6.70. The van der Waals surface area contributed by atoms with E-state index in [4.69, 9.17) is 25.4 Å². The Balaban J connectivity index is 1.75. The van der Waals surface area contributed by atoms with Crippen molar-refractivity contribution in [2.45, 2.75) is 50.3 Å². The van der Waals surface area contributed by atoms with Crippen LogP contribution in [0.5, 0.6) is 0 Å². The number of benzene rings is 2. The quantitative estimate of drug-likeness (QED) is 0.712. The summed E-state index contributed by atoms with van der Waals surface area (Å²) in [6, 6.07) is 19.6. The lowest BCUT2D eigenvalue weighted by Gasteiger charge is -2.43. The molecule has 0 bridgehead atoms. The highest BCUT2D eigenvalue weighted by atomic mass is 16.7. The van der Waals surface area contributed by atoms with E-state index in [1.807, 2.05) is 60.7 Å². The van der Waals surface area contributed by atoms with Crippen molar-refractivity contribution in [1.29, 1.82) is 0 Å². The molecule has 1 saturated heterocycles. The first-order chi connectivity index (χ1) is 13.7. The first kappa shape index (κ1) is 20.5. The van der Waals surface area contributed by atoms with Gasteiger partial charge in [0, 0.05) is 13.5 Å². The number of terminal acetylenes is 1. The molecule has 3 rings (SSSR count). The summed E-state index contributed by atoms with van der Waals surface area (Å²) in [5.41, 5.74) is 2.02. The van der Waals surface area contributed by atoms with Crippen molar-refractivity contribution in [2.75, 3.05) is 7.11 Å². The van der Waals surface area contributed by atoms with Gasteiger partial charge in [0.2, 0.25) is 0 Å². The predicted molar refractivity (Wildman–Crippen MR) is 105 cm³/mol. The van der Waals surface area contributed by atoms with Crippen LogP contribution in [0, 0.1) is 12.3 Å². The van der Waals surface area contributed by atoms with Gasteiger partial charge < -0.3 is 24.1 Å². The molecule has 5 atom stereocenters. The number of rotatable bonds is 8. The fourth-order valence-electron chi connectivity index (χ4n) is 3.27. The molecule has 5 heteroatoms. The number of aliphatic hydroxyl groups is 1. The molecular formula is C23H26O5. The molecule has 28 heavy (non-hydrogen) atoms. The molecule has 148 valence electrons. The lowest BCUT2D eigenvalue weighted by molar-refractivity contribution is -0.309. The Hall–Kier alpha value is -2.20. The monoisotopic (exact) mass is 382 g/mol. The van der Waals surface area contributed by atoms with E-state index in [0.29, 0.717) is 13.2 Å². The molecule has 2 aromatic carbocycles. The van der Waals surface area contributed by atoms with Crippen LogP contribution in [0.2, 0.25) is 0 Å². The predicted octanol–water partition coefficient (Wildman–Crippen LogP) is 2.91. The zero-order valence-corrected chi connectivity index (χ0v) is 15.9. The van der Waals surface area contributed by atoms with Crippen LogP contribution < -0.4 is 0 Å². The minimum Gasteiger partial charge on any atom is -0.388 e. The van der Waals surface area contributed by atoms with E-state index in [2.05, 4.69) is 5.92 Å². The topological polar surface area (TPSA) is 57.2 Å². The summed E-state index contributed by atoms with van der Waals surface area (Å²) in [4.78, 5) is 0. The van der Waals surface area contributed by atoms with Gasteiger partial charge in [0.25, 0.3) is 0 Å². The number of methoxy groups -OCH3 is 1. The van der Waals surface area contributed by atoms with E-state index in [-0.39, 0.29) is 6.42 Å². The summed E-state index contributed by atoms with van der Waals surface area (Å²) < 4.78 is 23.5. The van der Waals surface area contributed by atoms with Gasteiger partial charge in [0.1, 0.15) is 24.4 Å². The molecule has 1 N–H and O–H groups in total. The lowest BCUT2D eigenvalue weighted by Crippen LogP contribution is -2.59.